The average molecular weight is 1150 g/mol. The van der Waals surface area contributed by atoms with Gasteiger partial charge in [-0.2, -0.15) is 0 Å². The van der Waals surface area contributed by atoms with Crippen molar-refractivity contribution in [3.8, 4) is 34.5 Å². The van der Waals surface area contributed by atoms with E-state index < -0.39 is 82.9 Å². The highest BCUT2D eigenvalue weighted by Crippen LogP contribution is 2.51. The summed E-state index contributed by atoms with van der Waals surface area (Å²) in [6.45, 7) is 22.5. The molecule has 1 amide bonds. The van der Waals surface area contributed by atoms with Crippen LogP contribution in [0.1, 0.15) is 116 Å². The highest BCUT2D eigenvalue weighted by Gasteiger charge is 2.51. The molecule has 0 saturated carbocycles. The number of hydrogen-bond donors (Lipinski definition) is 9. The molecule has 0 aliphatic carbocycles. The van der Waals surface area contributed by atoms with Crippen molar-refractivity contribution in [3.63, 3.8) is 0 Å². The van der Waals surface area contributed by atoms with Crippen molar-refractivity contribution in [2.75, 3.05) is 38.6 Å². The molecule has 4 bridgehead atoms. The first kappa shape index (κ1) is 63.5. The van der Waals surface area contributed by atoms with Gasteiger partial charge in [0.05, 0.1) is 41.2 Å². The molecule has 1 unspecified atom stereocenters. The fraction of sp³-hybridized carbons (Fsp3) is 0.516. The number of fused-ring (bicyclic) bond motifs is 1. The number of Topliss-reactive ketones (excluding diaryl/α,β-unsaturated/α-hetero) is 1. The lowest BCUT2D eigenvalue weighted by Crippen LogP contribution is -2.47. The number of amides is 1. The minimum absolute atomic E-state index is 0.0538. The number of nitrogens with zero attached hydrogens (tertiary/aromatic N) is 3. The summed E-state index contributed by atoms with van der Waals surface area (Å²) in [6.07, 6.45) is 7.86. The maximum absolute atomic E-state index is 14.7. The lowest BCUT2D eigenvalue weighted by Gasteiger charge is -2.38. The van der Waals surface area contributed by atoms with Gasteiger partial charge in [0, 0.05) is 99.7 Å². The number of likely N-dealkylation sites (tertiary alicyclic amines) is 1. The minimum Gasteiger partial charge on any atom is -0.508 e. The van der Waals surface area contributed by atoms with Crippen molar-refractivity contribution in [2.24, 2.45) is 39.6 Å². The second-order valence-corrected chi connectivity index (χ2v) is 23.6. The quantitative estimate of drug-likeness (QED) is 0.0395. The molecular weight excluding hydrogens is 1060 g/mol. The van der Waals surface area contributed by atoms with E-state index in [-0.39, 0.29) is 61.2 Å². The molecule has 4 aliphatic rings. The third-order valence-corrected chi connectivity index (χ3v) is 16.7. The van der Waals surface area contributed by atoms with Gasteiger partial charge in [-0.15, -0.1) is 0 Å². The number of esters is 1. The molecule has 1 fully saturated rings. The van der Waals surface area contributed by atoms with Crippen molar-refractivity contribution >= 4 is 34.1 Å². The zero-order chi connectivity index (χ0) is 60.8. The van der Waals surface area contributed by atoms with Gasteiger partial charge >= 0.3 is 11.8 Å². The number of phenolic OH excluding ortho intramolecular Hbond substituents is 5. The van der Waals surface area contributed by atoms with E-state index in [0.717, 1.165) is 51.0 Å². The highest BCUT2D eigenvalue weighted by atomic mass is 16.7. The van der Waals surface area contributed by atoms with Gasteiger partial charge in [-0.25, -0.2) is 4.99 Å². The summed E-state index contributed by atoms with van der Waals surface area (Å²) in [5.41, 5.74) is 2.10. The number of benzene rings is 4. The third kappa shape index (κ3) is 14.3. The highest BCUT2D eigenvalue weighted by molar-refractivity contribution is 6.21. The number of aliphatic hydroxyl groups is 2. The SMILES string of the molecule is CC(CCc1ccc(O)cc1)NCCc1ccc(O)c(O)c1.CO[C@H]1/C=C/O[C@@]2(C)Oc3c(C)c(O)c4c(O)c(c5c(c4c3C2=O)NC2(CCN(CC(C)C)CC2)N=5)=NC(=O)/C(C)=C\C=C\[C@H](C)[C@H](O)[C@@H](C)[C@@H](O)[C@@H](C)[C@H](OC(C)=O)[C@@H]1C. The number of aromatic hydroxyl groups is 5. The van der Waals surface area contributed by atoms with Crippen LogP contribution in [0.3, 0.4) is 0 Å². The monoisotopic (exact) mass is 1150 g/mol. The standard InChI is InChI=1S/C46H62N4O11.C18H23NO3/c1-22(2)21-50-18-16-46(17-19-50)48-34-31-32-39(54)28(8)42-33(31)43(56)45(10,61-42)59-20-15-30(58-11)25(5)41(60-29(9)51)27(7)38(53)26(6)37(52)23(3)13-12-14-24(4)44(57)47-36(40(32)55)35(34)49-46;1-13(2-3-14-4-7-16(20)8-5-14)19-11-10-15-6-9-17(21)18(22)12-15/h12-15,20,22-23,25-27,30,37-38,41,48,52-55H,16-19,21H2,1-11H3;4-9,12-13,19-22H,2-3,10-11H2,1H3/b13-12+,20-15+,24-14-,47-36?;/t23-,25+,26+,27+,30-,37-,38+,41+,45-;/m0./s1. The second-order valence-electron chi connectivity index (χ2n) is 23.6. The van der Waals surface area contributed by atoms with Crippen molar-refractivity contribution in [1.29, 1.82) is 0 Å². The number of rotatable bonds is 11. The number of aryl methyl sites for hydroxylation is 1. The van der Waals surface area contributed by atoms with Crippen LogP contribution in [-0.4, -0.2) is 134 Å². The number of allylic oxidation sites excluding steroid dienone is 2. The zero-order valence-corrected chi connectivity index (χ0v) is 49.9. The smallest absolute Gasteiger partial charge is 0.312 e. The van der Waals surface area contributed by atoms with Crippen LogP contribution >= 0.6 is 0 Å². The predicted octanol–water partition coefficient (Wildman–Crippen LogP) is 7.71. The Labute approximate surface area is 486 Å². The van der Waals surface area contributed by atoms with E-state index in [1.807, 2.05) is 18.2 Å². The Balaban J connectivity index is 0.000000376. The lowest BCUT2D eigenvalue weighted by molar-refractivity contribution is -0.160. The maximum atomic E-state index is 14.7. The zero-order valence-electron chi connectivity index (χ0n) is 49.9. The fourth-order valence-corrected chi connectivity index (χ4v) is 11.6. The number of ketones is 1. The Morgan fingerprint density at radius 3 is 2.17 bits per heavy atom. The fourth-order valence-electron chi connectivity index (χ4n) is 11.6. The number of methoxy groups -OCH3 is 1. The van der Waals surface area contributed by atoms with Gasteiger partial charge in [0.1, 0.15) is 39.7 Å². The Morgan fingerprint density at radius 2 is 1.53 bits per heavy atom. The Morgan fingerprint density at radius 1 is 0.855 bits per heavy atom. The van der Waals surface area contributed by atoms with E-state index in [0.29, 0.717) is 36.2 Å². The summed E-state index contributed by atoms with van der Waals surface area (Å²) in [7, 11) is 1.47. The van der Waals surface area contributed by atoms with Crippen LogP contribution in [-0.2, 0) is 36.6 Å². The van der Waals surface area contributed by atoms with Crippen LogP contribution in [0, 0.1) is 36.5 Å². The maximum Gasteiger partial charge on any atom is 0.312 e. The molecule has 10 atom stereocenters. The molecule has 450 valence electrons. The lowest BCUT2D eigenvalue weighted by atomic mass is 9.78. The number of piperidine rings is 1. The van der Waals surface area contributed by atoms with Crippen LogP contribution in [0.2, 0.25) is 0 Å². The normalized spacial score (nSPS) is 27.2. The molecule has 0 aromatic heterocycles. The first-order valence-corrected chi connectivity index (χ1v) is 28.8. The molecular formula is C64H85N5O14. The van der Waals surface area contributed by atoms with E-state index in [1.54, 1.807) is 84.0 Å². The molecule has 4 aliphatic heterocycles. The van der Waals surface area contributed by atoms with Crippen LogP contribution in [0.25, 0.3) is 10.8 Å². The van der Waals surface area contributed by atoms with Crippen LogP contribution in [0.15, 0.2) is 88.6 Å². The predicted molar refractivity (Wildman–Crippen MR) is 315 cm³/mol. The van der Waals surface area contributed by atoms with Gasteiger partial charge in [0.2, 0.25) is 0 Å². The molecule has 19 nitrogen and oxygen atoms in total. The molecule has 8 rings (SSSR count). The van der Waals surface area contributed by atoms with Gasteiger partial charge < -0.3 is 70.2 Å². The molecule has 19 heteroatoms. The number of aliphatic hydroxyl groups excluding tert-OH is 2. The van der Waals surface area contributed by atoms with Gasteiger partial charge in [-0.1, -0.05) is 78.0 Å². The number of phenols is 5. The number of ether oxygens (including phenoxy) is 4. The first-order valence-electron chi connectivity index (χ1n) is 28.8. The van der Waals surface area contributed by atoms with E-state index in [2.05, 4.69) is 41.3 Å². The molecule has 9 N–H and O–H groups in total. The van der Waals surface area contributed by atoms with Crippen LogP contribution < -0.4 is 26.1 Å². The van der Waals surface area contributed by atoms with Gasteiger partial charge in [-0.3, -0.25) is 19.4 Å². The molecule has 83 heavy (non-hydrogen) atoms. The van der Waals surface area contributed by atoms with E-state index in [4.69, 9.17) is 23.9 Å². The number of nitrogens with one attached hydrogen (secondary N) is 2. The Bertz CT molecular complexity index is 3240. The number of hydrogen-bond acceptors (Lipinski definition) is 18. The molecule has 1 saturated heterocycles. The first-order chi connectivity index (χ1) is 39.2. The van der Waals surface area contributed by atoms with Crippen molar-refractivity contribution in [3.05, 3.63) is 112 Å². The molecule has 0 radical (unpaired) electrons. The summed E-state index contributed by atoms with van der Waals surface area (Å²) in [5.74, 6) is -6.43. The summed E-state index contributed by atoms with van der Waals surface area (Å²) in [5, 5.41) is 82.0. The molecule has 4 aromatic carbocycles. The largest absolute Gasteiger partial charge is 0.508 e. The van der Waals surface area contributed by atoms with E-state index >= 15 is 0 Å². The van der Waals surface area contributed by atoms with Crippen LogP contribution in [0.5, 0.6) is 34.5 Å². The number of carbonyl (C=O) groups excluding carboxylic acids is 3. The second kappa shape index (κ2) is 26.7. The van der Waals surface area contributed by atoms with Crippen molar-refractivity contribution < 1.29 is 69.1 Å². The Hall–Kier alpha value is -7.03. The summed E-state index contributed by atoms with van der Waals surface area (Å²) < 4.78 is 24.0. The molecule has 4 aromatic rings. The van der Waals surface area contributed by atoms with Gasteiger partial charge in [0.15, 0.2) is 17.2 Å². The summed E-state index contributed by atoms with van der Waals surface area (Å²) >= 11 is 0. The Kier molecular flexibility index (Phi) is 20.4. The number of anilines is 1. The van der Waals surface area contributed by atoms with E-state index in [1.165, 1.54) is 38.8 Å². The van der Waals surface area contributed by atoms with Crippen molar-refractivity contribution in [2.45, 2.75) is 150 Å². The average Bonchev–Trinajstić information content (AvgIpc) is 2.41. The summed E-state index contributed by atoms with van der Waals surface area (Å²) in [6, 6.07) is 12.6. The van der Waals surface area contributed by atoms with Gasteiger partial charge in [-0.05, 0) is 94.0 Å². The third-order valence-electron chi connectivity index (χ3n) is 16.7. The molecule has 1 spiro atoms. The summed E-state index contributed by atoms with van der Waals surface area (Å²) in [4.78, 5) is 52.9. The van der Waals surface area contributed by atoms with Crippen LogP contribution in [0.4, 0.5) is 5.69 Å². The number of carbonyl (C=O) groups is 3. The topological polar surface area (TPSA) is 282 Å². The molecule has 4 heterocycles. The minimum atomic E-state index is -1.95. The van der Waals surface area contributed by atoms with Crippen molar-refractivity contribution in [1.82, 2.24) is 10.2 Å². The van der Waals surface area contributed by atoms with E-state index in [9.17, 15) is 50.1 Å². The van der Waals surface area contributed by atoms with Gasteiger partial charge in [0.25, 0.3) is 11.7 Å².